The van der Waals surface area contributed by atoms with Crippen molar-refractivity contribution in [2.24, 2.45) is 4.99 Å². The molecule has 1 aliphatic heterocycles. The van der Waals surface area contributed by atoms with Crippen LogP contribution in [0, 0.1) is 10.1 Å². The maximum atomic E-state index is 13.9. The van der Waals surface area contributed by atoms with Crippen LogP contribution in [0.5, 0.6) is 17.2 Å². The van der Waals surface area contributed by atoms with Crippen LogP contribution in [0.2, 0.25) is 0 Å². The molecule has 5 rings (SSSR count). The fraction of sp³-hybridized carbons (Fsp3) is 0.242. The third-order valence-corrected chi connectivity index (χ3v) is 8.03. The van der Waals surface area contributed by atoms with E-state index < -0.39 is 16.9 Å². The van der Waals surface area contributed by atoms with Crippen molar-refractivity contribution in [2.75, 3.05) is 20.3 Å². The smallest absolute Gasteiger partial charge is 0.338 e. The first-order valence-electron chi connectivity index (χ1n) is 14.2. The van der Waals surface area contributed by atoms with Crippen LogP contribution in [-0.4, -0.2) is 35.8 Å². The van der Waals surface area contributed by atoms with Crippen molar-refractivity contribution in [3.05, 3.63) is 124 Å². The van der Waals surface area contributed by atoms with E-state index in [1.54, 1.807) is 50.3 Å². The molecule has 0 saturated heterocycles. The Morgan fingerprint density at radius 3 is 2.40 bits per heavy atom. The zero-order chi connectivity index (χ0) is 32.1. The van der Waals surface area contributed by atoms with Crippen LogP contribution in [0.1, 0.15) is 43.5 Å². The van der Waals surface area contributed by atoms with Crippen molar-refractivity contribution >= 4 is 29.1 Å². The number of nitro groups is 1. The van der Waals surface area contributed by atoms with Gasteiger partial charge in [0.25, 0.3) is 11.2 Å². The number of esters is 1. The number of carbonyl (C=O) groups excluding carboxylic acids is 1. The van der Waals surface area contributed by atoms with Crippen molar-refractivity contribution in [1.29, 1.82) is 0 Å². The molecule has 0 spiro atoms. The Hall–Kier alpha value is -5.23. The first-order chi connectivity index (χ1) is 21.7. The number of allylic oxidation sites excluding steroid dienone is 1. The summed E-state index contributed by atoms with van der Waals surface area (Å²) in [7, 11) is 1.52. The van der Waals surface area contributed by atoms with E-state index in [9.17, 15) is 19.7 Å². The molecule has 0 N–H and O–H groups in total. The number of non-ortho nitro benzene ring substituents is 1. The second-order valence-electron chi connectivity index (χ2n) is 9.93. The summed E-state index contributed by atoms with van der Waals surface area (Å²) in [5, 5.41) is 10.9. The Labute approximate surface area is 262 Å². The fourth-order valence-electron chi connectivity index (χ4n) is 4.94. The van der Waals surface area contributed by atoms with Gasteiger partial charge in [-0.2, -0.15) is 0 Å². The van der Waals surface area contributed by atoms with Gasteiger partial charge in [-0.05, 0) is 79.9 Å². The Morgan fingerprint density at radius 2 is 1.76 bits per heavy atom. The Morgan fingerprint density at radius 1 is 1.02 bits per heavy atom. The number of aromatic nitrogens is 1. The lowest BCUT2D eigenvalue weighted by molar-refractivity contribution is -0.384. The molecule has 1 atom stereocenters. The molecule has 232 valence electrons. The molecule has 12 heteroatoms. The number of nitro benzene ring substituents is 1. The molecule has 0 saturated carbocycles. The zero-order valence-electron chi connectivity index (χ0n) is 25.1. The molecule has 1 aliphatic rings. The van der Waals surface area contributed by atoms with Gasteiger partial charge in [-0.3, -0.25) is 19.5 Å². The van der Waals surface area contributed by atoms with E-state index in [1.807, 2.05) is 31.2 Å². The number of fused-ring (bicyclic) bond motifs is 1. The molecule has 0 fully saturated rings. The molecule has 45 heavy (non-hydrogen) atoms. The number of methoxy groups -OCH3 is 1. The van der Waals surface area contributed by atoms with Crippen LogP contribution in [0.4, 0.5) is 5.69 Å². The summed E-state index contributed by atoms with van der Waals surface area (Å²) in [5.74, 6) is 1.08. The summed E-state index contributed by atoms with van der Waals surface area (Å²) >= 11 is 1.22. The van der Waals surface area contributed by atoms with Gasteiger partial charge in [0.15, 0.2) is 16.3 Å². The van der Waals surface area contributed by atoms with Crippen LogP contribution >= 0.6 is 11.3 Å². The molecule has 0 unspecified atom stereocenters. The number of ether oxygens (including phenoxy) is 4. The summed E-state index contributed by atoms with van der Waals surface area (Å²) < 4.78 is 24.4. The van der Waals surface area contributed by atoms with Crippen LogP contribution in [0.15, 0.2) is 87.8 Å². The van der Waals surface area contributed by atoms with E-state index in [0.717, 1.165) is 11.1 Å². The van der Waals surface area contributed by atoms with Crippen molar-refractivity contribution in [3.8, 4) is 17.2 Å². The number of carbonyl (C=O) groups is 1. The molecule has 1 aromatic heterocycles. The number of nitrogens with zero attached hydrogens (tertiary/aromatic N) is 3. The molecular weight excluding hydrogens is 598 g/mol. The molecular formula is C33H31N3O8S. The lowest BCUT2D eigenvalue weighted by atomic mass is 9.96. The van der Waals surface area contributed by atoms with Gasteiger partial charge in [-0.15, -0.1) is 0 Å². The van der Waals surface area contributed by atoms with Crippen molar-refractivity contribution in [2.45, 2.75) is 33.4 Å². The van der Waals surface area contributed by atoms with E-state index in [-0.39, 0.29) is 24.5 Å². The van der Waals surface area contributed by atoms with Gasteiger partial charge >= 0.3 is 5.97 Å². The average Bonchev–Trinajstić information content (AvgIpc) is 3.34. The van der Waals surface area contributed by atoms with Gasteiger partial charge < -0.3 is 18.9 Å². The first-order valence-corrected chi connectivity index (χ1v) is 15.0. The third-order valence-electron chi connectivity index (χ3n) is 7.05. The molecule has 0 bridgehead atoms. The molecule has 0 radical (unpaired) electrons. The average molecular weight is 630 g/mol. The van der Waals surface area contributed by atoms with E-state index >= 15 is 0 Å². The van der Waals surface area contributed by atoms with Crippen LogP contribution < -0.4 is 29.1 Å². The summed E-state index contributed by atoms with van der Waals surface area (Å²) in [4.78, 5) is 42.6. The molecule has 4 aromatic rings. The molecule has 0 amide bonds. The minimum atomic E-state index is -0.733. The predicted molar refractivity (Wildman–Crippen MR) is 168 cm³/mol. The highest BCUT2D eigenvalue weighted by Gasteiger charge is 2.33. The van der Waals surface area contributed by atoms with Gasteiger partial charge in [0.05, 0.1) is 47.1 Å². The predicted octanol–water partition coefficient (Wildman–Crippen LogP) is 4.69. The minimum Gasteiger partial charge on any atom is -0.494 e. The Balaban J connectivity index is 1.50. The monoisotopic (exact) mass is 629 g/mol. The number of hydrogen-bond donors (Lipinski definition) is 0. The molecule has 0 aliphatic carbocycles. The number of benzene rings is 3. The van der Waals surface area contributed by atoms with Crippen molar-refractivity contribution < 1.29 is 28.7 Å². The van der Waals surface area contributed by atoms with Gasteiger partial charge in [0, 0.05) is 12.1 Å². The minimum absolute atomic E-state index is 0.00374. The molecule has 2 heterocycles. The van der Waals surface area contributed by atoms with Gasteiger partial charge in [0.1, 0.15) is 12.4 Å². The second kappa shape index (κ2) is 13.6. The van der Waals surface area contributed by atoms with Crippen molar-refractivity contribution in [1.82, 2.24) is 4.57 Å². The summed E-state index contributed by atoms with van der Waals surface area (Å²) in [6, 6.07) is 18.0. The normalized spacial score (nSPS) is 14.4. The zero-order valence-corrected chi connectivity index (χ0v) is 26.0. The third kappa shape index (κ3) is 6.65. The Bertz CT molecular complexity index is 1940. The lowest BCUT2D eigenvalue weighted by Gasteiger charge is -2.24. The van der Waals surface area contributed by atoms with Gasteiger partial charge in [-0.1, -0.05) is 29.5 Å². The largest absolute Gasteiger partial charge is 0.494 e. The lowest BCUT2D eigenvalue weighted by Crippen LogP contribution is -2.39. The SMILES string of the molecule is CCOC(=O)C1=C(C)N=c2s/c(=C\c3ccc(OCc4ccc([N+](=O)[O-])cc4)c(OC)c3)c(=O)n2[C@@H]1c1ccc(OCC)cc1. The highest BCUT2D eigenvalue weighted by Crippen LogP contribution is 2.32. The Kier molecular flexibility index (Phi) is 9.43. The maximum Gasteiger partial charge on any atom is 0.338 e. The summed E-state index contributed by atoms with van der Waals surface area (Å²) in [6.07, 6.45) is 1.74. The van der Waals surface area contributed by atoms with E-state index in [4.69, 9.17) is 18.9 Å². The van der Waals surface area contributed by atoms with Crippen LogP contribution in [-0.2, 0) is 16.1 Å². The van der Waals surface area contributed by atoms with E-state index in [2.05, 4.69) is 4.99 Å². The standard InChI is InChI=1S/C33H31N3O8S/c1-5-42-25-14-10-23(11-15-25)30-29(32(38)43-6-2)20(3)34-33-35(30)31(37)28(45-33)18-22-9-16-26(27(17-22)41-4)44-19-21-7-12-24(13-8-21)36(39)40/h7-18,30H,5-6,19H2,1-4H3/b28-18-/t30-/m1/s1. The van der Waals surface area contributed by atoms with Crippen LogP contribution in [0.3, 0.4) is 0 Å². The highest BCUT2D eigenvalue weighted by molar-refractivity contribution is 7.07. The van der Waals surface area contributed by atoms with Crippen molar-refractivity contribution in [3.63, 3.8) is 0 Å². The van der Waals surface area contributed by atoms with Gasteiger partial charge in [-0.25, -0.2) is 9.79 Å². The molecule has 11 nitrogen and oxygen atoms in total. The summed E-state index contributed by atoms with van der Waals surface area (Å²) in [6.45, 7) is 6.25. The van der Waals surface area contributed by atoms with Crippen LogP contribution in [0.25, 0.3) is 6.08 Å². The topological polar surface area (TPSA) is 131 Å². The quantitative estimate of drug-likeness (QED) is 0.133. The maximum absolute atomic E-state index is 13.9. The number of rotatable bonds is 11. The van der Waals surface area contributed by atoms with E-state index in [1.165, 1.54) is 35.1 Å². The second-order valence-corrected chi connectivity index (χ2v) is 10.9. The molecule has 3 aromatic carbocycles. The fourth-order valence-corrected chi connectivity index (χ4v) is 5.99. The van der Waals surface area contributed by atoms with Gasteiger partial charge in [0.2, 0.25) is 0 Å². The number of thiazole rings is 1. The first kappa shape index (κ1) is 31.2. The van der Waals surface area contributed by atoms with E-state index in [0.29, 0.717) is 50.0 Å². The highest BCUT2D eigenvalue weighted by atomic mass is 32.1. The summed E-state index contributed by atoms with van der Waals surface area (Å²) in [5.41, 5.74) is 2.66. The number of hydrogen-bond acceptors (Lipinski definition) is 10.